The molecule has 10 heteroatoms. The molecule has 0 spiro atoms. The van der Waals surface area contributed by atoms with E-state index >= 15 is 0 Å². The molecule has 0 saturated heterocycles. The molecular formula is C22H18FN5O3S. The summed E-state index contributed by atoms with van der Waals surface area (Å²) in [5.41, 5.74) is 7.11. The fourth-order valence-electron chi connectivity index (χ4n) is 3.28. The highest BCUT2D eigenvalue weighted by molar-refractivity contribution is 7.90. The van der Waals surface area contributed by atoms with Crippen molar-refractivity contribution in [3.63, 3.8) is 0 Å². The smallest absolute Gasteiger partial charge is 0.260 e. The lowest BCUT2D eigenvalue weighted by Gasteiger charge is -2.24. The first kappa shape index (κ1) is 21.3. The van der Waals surface area contributed by atoms with E-state index < -0.39 is 21.6 Å². The molecule has 1 amide bonds. The van der Waals surface area contributed by atoms with Gasteiger partial charge >= 0.3 is 0 Å². The van der Waals surface area contributed by atoms with Crippen LogP contribution in [-0.4, -0.2) is 35.5 Å². The number of benzene rings is 1. The van der Waals surface area contributed by atoms with Gasteiger partial charge in [-0.1, -0.05) is 12.1 Å². The number of pyridine rings is 3. The van der Waals surface area contributed by atoms with Crippen LogP contribution in [0.25, 0.3) is 10.9 Å². The van der Waals surface area contributed by atoms with Crippen LogP contribution >= 0.6 is 0 Å². The Morgan fingerprint density at radius 3 is 2.66 bits per heavy atom. The predicted molar refractivity (Wildman–Crippen MR) is 118 cm³/mol. The van der Waals surface area contributed by atoms with Crippen LogP contribution in [0.15, 0.2) is 72.1 Å². The zero-order valence-corrected chi connectivity index (χ0v) is 17.8. The van der Waals surface area contributed by atoms with Crippen molar-refractivity contribution in [1.29, 1.82) is 0 Å². The minimum Gasteiger partial charge on any atom is -0.384 e. The Balaban J connectivity index is 1.84. The predicted octanol–water partition coefficient (Wildman–Crippen LogP) is 3.00. The van der Waals surface area contributed by atoms with Gasteiger partial charge in [-0.2, -0.15) is 0 Å². The van der Waals surface area contributed by atoms with E-state index in [9.17, 15) is 17.6 Å². The summed E-state index contributed by atoms with van der Waals surface area (Å²) in [6.07, 6.45) is 4.53. The summed E-state index contributed by atoms with van der Waals surface area (Å²) in [6, 6.07) is 12.9. The number of hydrogen-bond acceptors (Lipinski definition) is 7. The Labute approximate surface area is 183 Å². The van der Waals surface area contributed by atoms with Crippen molar-refractivity contribution >= 4 is 38.2 Å². The van der Waals surface area contributed by atoms with Crippen LogP contribution in [0.3, 0.4) is 0 Å². The van der Waals surface area contributed by atoms with E-state index in [2.05, 4.69) is 15.0 Å². The summed E-state index contributed by atoms with van der Waals surface area (Å²) in [5, 5.41) is 0.592. The third-order valence-corrected chi connectivity index (χ3v) is 5.73. The van der Waals surface area contributed by atoms with Crippen molar-refractivity contribution in [3.8, 4) is 0 Å². The average Bonchev–Trinajstić information content (AvgIpc) is 2.76. The van der Waals surface area contributed by atoms with E-state index in [0.29, 0.717) is 16.9 Å². The quantitative estimate of drug-likeness (QED) is 0.495. The molecule has 162 valence electrons. The van der Waals surface area contributed by atoms with Gasteiger partial charge in [0.2, 0.25) is 0 Å². The number of fused-ring (bicyclic) bond motifs is 1. The molecule has 0 aliphatic rings. The first-order chi connectivity index (χ1) is 15.2. The summed E-state index contributed by atoms with van der Waals surface area (Å²) in [4.78, 5) is 26.6. The lowest BCUT2D eigenvalue weighted by molar-refractivity contribution is 0.0983. The molecule has 2 N–H and O–H groups in total. The van der Waals surface area contributed by atoms with Gasteiger partial charge in [-0.05, 0) is 42.0 Å². The van der Waals surface area contributed by atoms with Crippen molar-refractivity contribution in [3.05, 3.63) is 84.1 Å². The summed E-state index contributed by atoms with van der Waals surface area (Å²) in [6.45, 7) is -0.0179. The van der Waals surface area contributed by atoms with Gasteiger partial charge in [-0.15, -0.1) is 0 Å². The zero-order chi connectivity index (χ0) is 22.9. The zero-order valence-electron chi connectivity index (χ0n) is 16.9. The Morgan fingerprint density at radius 1 is 1.12 bits per heavy atom. The van der Waals surface area contributed by atoms with E-state index in [1.54, 1.807) is 18.2 Å². The number of nitrogens with two attached hydrogens (primary N) is 1. The Kier molecular flexibility index (Phi) is 5.54. The summed E-state index contributed by atoms with van der Waals surface area (Å²) in [7, 11) is -3.76. The summed E-state index contributed by atoms with van der Waals surface area (Å²) >= 11 is 0. The van der Waals surface area contributed by atoms with Crippen LogP contribution < -0.4 is 10.6 Å². The fourth-order valence-corrected chi connectivity index (χ4v) is 4.09. The normalized spacial score (nSPS) is 11.4. The van der Waals surface area contributed by atoms with E-state index in [4.69, 9.17) is 5.73 Å². The number of halogens is 1. The maximum atomic E-state index is 13.7. The van der Waals surface area contributed by atoms with Gasteiger partial charge in [0, 0.05) is 24.0 Å². The number of anilines is 2. The number of amides is 1. The van der Waals surface area contributed by atoms with Gasteiger partial charge in [0.05, 0.1) is 29.5 Å². The molecule has 0 aliphatic carbocycles. The highest BCUT2D eigenvalue weighted by atomic mass is 32.2. The van der Waals surface area contributed by atoms with Gasteiger partial charge in [0.1, 0.15) is 11.6 Å². The SMILES string of the molecule is CS(=O)(=O)c1ncccc1N(Cc1ccc2ccc(N)nc2c1)C(=O)c1cncc(F)c1. The van der Waals surface area contributed by atoms with Crippen molar-refractivity contribution in [1.82, 2.24) is 15.0 Å². The van der Waals surface area contributed by atoms with Crippen LogP contribution in [0, 0.1) is 5.82 Å². The van der Waals surface area contributed by atoms with E-state index in [1.165, 1.54) is 29.4 Å². The third kappa shape index (κ3) is 4.40. The number of aromatic nitrogens is 3. The number of nitrogen functional groups attached to an aromatic ring is 1. The van der Waals surface area contributed by atoms with Crippen LogP contribution in [0.1, 0.15) is 15.9 Å². The first-order valence-corrected chi connectivity index (χ1v) is 11.3. The second-order valence-corrected chi connectivity index (χ2v) is 9.08. The Bertz CT molecular complexity index is 1440. The first-order valence-electron chi connectivity index (χ1n) is 9.45. The molecule has 3 heterocycles. The summed E-state index contributed by atoms with van der Waals surface area (Å²) < 4.78 is 38.4. The summed E-state index contributed by atoms with van der Waals surface area (Å²) in [5.74, 6) is -0.966. The standard InChI is InChI=1S/C22H18FN5O3S/c1-32(30,31)21-19(3-2-8-26-21)28(22(29)16-10-17(23)12-25-11-16)13-14-4-5-15-6-7-20(24)27-18(15)9-14/h2-12H,13H2,1H3,(H2,24,27). The van der Waals surface area contributed by atoms with E-state index in [-0.39, 0.29) is 22.8 Å². The largest absolute Gasteiger partial charge is 0.384 e. The maximum absolute atomic E-state index is 13.7. The number of hydrogen-bond donors (Lipinski definition) is 1. The van der Waals surface area contributed by atoms with Gasteiger partial charge in [0.15, 0.2) is 14.9 Å². The molecule has 32 heavy (non-hydrogen) atoms. The number of carbonyl (C=O) groups excluding carboxylic acids is 1. The Hall–Kier alpha value is -3.92. The molecule has 0 unspecified atom stereocenters. The van der Waals surface area contributed by atoms with Gasteiger partial charge in [-0.25, -0.2) is 22.8 Å². The molecule has 4 aromatic rings. The van der Waals surface area contributed by atoms with Crippen molar-refractivity contribution in [2.75, 3.05) is 16.9 Å². The average molecular weight is 451 g/mol. The van der Waals surface area contributed by atoms with Gasteiger partial charge in [0.25, 0.3) is 5.91 Å². The molecule has 3 aromatic heterocycles. The molecule has 4 rings (SSSR count). The highest BCUT2D eigenvalue weighted by Gasteiger charge is 2.26. The van der Waals surface area contributed by atoms with Crippen LogP contribution in [0.4, 0.5) is 15.9 Å². The Morgan fingerprint density at radius 2 is 1.91 bits per heavy atom. The molecule has 0 fully saturated rings. The van der Waals surface area contributed by atoms with E-state index in [0.717, 1.165) is 23.9 Å². The number of nitrogens with zero attached hydrogens (tertiary/aromatic N) is 4. The lowest BCUT2D eigenvalue weighted by Crippen LogP contribution is -2.32. The second kappa shape index (κ2) is 8.31. The monoisotopic (exact) mass is 451 g/mol. The third-order valence-electron chi connectivity index (χ3n) is 4.71. The molecule has 1 aromatic carbocycles. The fraction of sp³-hybridized carbons (Fsp3) is 0.0909. The molecule has 0 atom stereocenters. The molecule has 0 aliphatic heterocycles. The molecule has 0 bridgehead atoms. The number of rotatable bonds is 5. The van der Waals surface area contributed by atoms with Gasteiger partial charge in [-0.3, -0.25) is 9.78 Å². The number of sulfone groups is 1. The molecular weight excluding hydrogens is 433 g/mol. The van der Waals surface area contributed by atoms with Crippen LogP contribution in [0.5, 0.6) is 0 Å². The van der Waals surface area contributed by atoms with Crippen molar-refractivity contribution in [2.24, 2.45) is 0 Å². The second-order valence-electron chi connectivity index (χ2n) is 7.15. The lowest BCUT2D eigenvalue weighted by atomic mass is 10.1. The molecule has 0 saturated carbocycles. The number of carbonyl (C=O) groups is 1. The molecule has 0 radical (unpaired) electrons. The van der Waals surface area contributed by atoms with Crippen molar-refractivity contribution in [2.45, 2.75) is 11.6 Å². The van der Waals surface area contributed by atoms with E-state index in [1.807, 2.05) is 12.1 Å². The maximum Gasteiger partial charge on any atom is 0.260 e. The highest BCUT2D eigenvalue weighted by Crippen LogP contribution is 2.27. The van der Waals surface area contributed by atoms with Crippen LogP contribution in [-0.2, 0) is 16.4 Å². The topological polar surface area (TPSA) is 119 Å². The molecule has 8 nitrogen and oxygen atoms in total. The van der Waals surface area contributed by atoms with Crippen molar-refractivity contribution < 1.29 is 17.6 Å². The minimum atomic E-state index is -3.76. The van der Waals surface area contributed by atoms with Gasteiger partial charge < -0.3 is 10.6 Å². The minimum absolute atomic E-state index is 0.0179. The van der Waals surface area contributed by atoms with Crippen LogP contribution in [0.2, 0.25) is 0 Å².